The van der Waals surface area contributed by atoms with E-state index in [4.69, 9.17) is 0 Å². The lowest BCUT2D eigenvalue weighted by molar-refractivity contribution is -0.141. The fourth-order valence-corrected chi connectivity index (χ4v) is 4.99. The van der Waals surface area contributed by atoms with Crippen LogP contribution in [0.4, 0.5) is 13.2 Å². The van der Waals surface area contributed by atoms with Gasteiger partial charge in [0.1, 0.15) is 11.6 Å². The molecule has 1 amide bonds. The Morgan fingerprint density at radius 2 is 1.75 bits per heavy atom. The lowest BCUT2D eigenvalue weighted by Crippen LogP contribution is -2.41. The number of hydrogen-bond acceptors (Lipinski definition) is 3. The minimum absolute atomic E-state index is 0.101. The van der Waals surface area contributed by atoms with Crippen molar-refractivity contribution in [1.82, 2.24) is 9.88 Å². The lowest BCUT2D eigenvalue weighted by Gasteiger charge is -2.35. The lowest BCUT2D eigenvalue weighted by atomic mass is 9.92. The van der Waals surface area contributed by atoms with Gasteiger partial charge in [-0.3, -0.25) is 9.78 Å². The summed E-state index contributed by atoms with van der Waals surface area (Å²) in [5.41, 5.74) is 2.30. The van der Waals surface area contributed by atoms with Crippen molar-refractivity contribution in [1.29, 1.82) is 0 Å². The van der Waals surface area contributed by atoms with Crippen molar-refractivity contribution < 1.29 is 22.7 Å². The van der Waals surface area contributed by atoms with Gasteiger partial charge >= 0.3 is 6.61 Å². The number of carbonyl (C=O) groups excluding carboxylic acids is 1. The number of carbonyl (C=O) groups is 1. The molecule has 5 rings (SSSR count). The monoisotopic (exact) mass is 494 g/mol. The molecule has 1 aromatic heterocycles. The summed E-state index contributed by atoms with van der Waals surface area (Å²) >= 11 is 0. The Hall–Kier alpha value is -3.35. The van der Waals surface area contributed by atoms with E-state index in [2.05, 4.69) is 9.72 Å². The summed E-state index contributed by atoms with van der Waals surface area (Å²) < 4.78 is 43.1. The van der Waals surface area contributed by atoms with Crippen LogP contribution in [0.5, 0.6) is 5.75 Å². The van der Waals surface area contributed by atoms with Crippen LogP contribution < -0.4 is 4.74 Å². The summed E-state index contributed by atoms with van der Waals surface area (Å²) in [4.78, 5) is 20.6. The summed E-state index contributed by atoms with van der Waals surface area (Å²) in [7, 11) is 0. The summed E-state index contributed by atoms with van der Waals surface area (Å²) in [5, 5.41) is 0. The van der Waals surface area contributed by atoms with E-state index in [0.29, 0.717) is 25.3 Å². The second kappa shape index (κ2) is 10.3. The quantitative estimate of drug-likeness (QED) is 0.297. The Morgan fingerprint density at radius 3 is 2.33 bits per heavy atom. The number of halogens is 3. The molecule has 2 fully saturated rings. The zero-order valence-electron chi connectivity index (χ0n) is 20.0. The van der Waals surface area contributed by atoms with Crippen molar-refractivity contribution in [2.75, 3.05) is 0 Å². The number of amides is 1. The van der Waals surface area contributed by atoms with Gasteiger partial charge in [0.15, 0.2) is 0 Å². The molecule has 1 heterocycles. The normalized spacial score (nSPS) is 17.0. The van der Waals surface area contributed by atoms with Crippen LogP contribution in [0.25, 0.3) is 0 Å². The van der Waals surface area contributed by atoms with Crippen LogP contribution in [0.3, 0.4) is 0 Å². The maximum absolute atomic E-state index is 14.2. The Morgan fingerprint density at radius 1 is 1.03 bits per heavy atom. The molecule has 0 saturated heterocycles. The van der Waals surface area contributed by atoms with E-state index in [1.165, 1.54) is 12.1 Å². The second-order valence-electron chi connectivity index (χ2n) is 9.89. The van der Waals surface area contributed by atoms with Crippen LogP contribution in [0.2, 0.25) is 0 Å². The van der Waals surface area contributed by atoms with Gasteiger partial charge in [0.25, 0.3) is 0 Å². The summed E-state index contributed by atoms with van der Waals surface area (Å²) in [6.07, 6.45) is 6.80. The van der Waals surface area contributed by atoms with Gasteiger partial charge in [0, 0.05) is 11.6 Å². The van der Waals surface area contributed by atoms with Gasteiger partial charge in [0.2, 0.25) is 5.91 Å². The predicted octanol–water partition coefficient (Wildman–Crippen LogP) is 6.72. The maximum atomic E-state index is 14.2. The molecular formula is C29H29F3N2O2. The van der Waals surface area contributed by atoms with Gasteiger partial charge in [0.05, 0.1) is 18.3 Å². The molecule has 188 valence electrons. The molecule has 0 unspecified atom stereocenters. The fourth-order valence-electron chi connectivity index (χ4n) is 4.99. The van der Waals surface area contributed by atoms with Gasteiger partial charge in [-0.2, -0.15) is 8.78 Å². The molecule has 2 saturated carbocycles. The van der Waals surface area contributed by atoms with Crippen LogP contribution in [-0.2, 0) is 17.8 Å². The number of benzene rings is 2. The first-order valence-electron chi connectivity index (χ1n) is 12.4. The number of nitrogens with zero attached hydrogens (tertiary/aromatic N) is 2. The first-order valence-corrected chi connectivity index (χ1v) is 12.4. The largest absolute Gasteiger partial charge is 0.435 e. The highest BCUT2D eigenvalue weighted by atomic mass is 19.3. The SMILES string of the molecule is O=C(N(Cc1ccccn1)[C@H](c1ccc(OC(F)F)cc1)C1CC1)C1(CCc2ccc(F)cc2)CC1. The van der Waals surface area contributed by atoms with E-state index in [1.54, 1.807) is 42.6 Å². The number of pyridine rings is 1. The molecule has 0 spiro atoms. The van der Waals surface area contributed by atoms with Crippen molar-refractivity contribution in [2.45, 2.75) is 57.7 Å². The highest BCUT2D eigenvalue weighted by Crippen LogP contribution is 2.54. The third-order valence-corrected chi connectivity index (χ3v) is 7.28. The van der Waals surface area contributed by atoms with Gasteiger partial charge in [-0.25, -0.2) is 4.39 Å². The minimum atomic E-state index is -2.88. The Bertz CT molecular complexity index is 1160. The molecule has 4 nitrogen and oxygen atoms in total. The van der Waals surface area contributed by atoms with E-state index in [0.717, 1.165) is 42.5 Å². The first-order chi connectivity index (χ1) is 17.4. The fraction of sp³-hybridized carbons (Fsp3) is 0.379. The smallest absolute Gasteiger partial charge is 0.387 e. The number of hydrogen-bond donors (Lipinski definition) is 0. The molecule has 0 radical (unpaired) electrons. The van der Waals surface area contributed by atoms with Crippen LogP contribution in [0.15, 0.2) is 72.9 Å². The van der Waals surface area contributed by atoms with Crippen LogP contribution in [0, 0.1) is 17.2 Å². The molecule has 2 aromatic carbocycles. The molecule has 2 aliphatic carbocycles. The number of ether oxygens (including phenoxy) is 1. The van der Waals surface area contributed by atoms with Crippen molar-refractivity contribution in [3.05, 3.63) is 95.6 Å². The Kier molecular flexibility index (Phi) is 6.99. The van der Waals surface area contributed by atoms with E-state index >= 15 is 0 Å². The molecular weight excluding hydrogens is 465 g/mol. The van der Waals surface area contributed by atoms with Crippen molar-refractivity contribution in [3.8, 4) is 5.75 Å². The minimum Gasteiger partial charge on any atom is -0.435 e. The molecule has 3 aromatic rings. The highest BCUT2D eigenvalue weighted by molar-refractivity contribution is 5.86. The number of aromatic nitrogens is 1. The van der Waals surface area contributed by atoms with Gasteiger partial charge in [-0.05, 0) is 92.0 Å². The average molecular weight is 495 g/mol. The molecule has 0 bridgehead atoms. The molecule has 0 N–H and O–H groups in total. The van der Waals surface area contributed by atoms with E-state index in [-0.39, 0.29) is 23.5 Å². The van der Waals surface area contributed by atoms with Crippen molar-refractivity contribution in [2.24, 2.45) is 11.3 Å². The zero-order valence-corrected chi connectivity index (χ0v) is 20.0. The second-order valence-corrected chi connectivity index (χ2v) is 9.89. The van der Waals surface area contributed by atoms with Crippen molar-refractivity contribution >= 4 is 5.91 Å². The van der Waals surface area contributed by atoms with E-state index in [9.17, 15) is 18.0 Å². The van der Waals surface area contributed by atoms with E-state index < -0.39 is 12.0 Å². The Balaban J connectivity index is 1.41. The van der Waals surface area contributed by atoms with Crippen LogP contribution >= 0.6 is 0 Å². The topological polar surface area (TPSA) is 42.4 Å². The highest BCUT2D eigenvalue weighted by Gasteiger charge is 2.53. The maximum Gasteiger partial charge on any atom is 0.387 e. The predicted molar refractivity (Wildman–Crippen MR) is 130 cm³/mol. The number of rotatable bonds is 11. The van der Waals surface area contributed by atoms with Gasteiger partial charge < -0.3 is 9.64 Å². The third-order valence-electron chi connectivity index (χ3n) is 7.28. The molecule has 0 aliphatic heterocycles. The first kappa shape index (κ1) is 24.3. The van der Waals surface area contributed by atoms with Gasteiger partial charge in [-0.1, -0.05) is 30.3 Å². The van der Waals surface area contributed by atoms with Crippen molar-refractivity contribution in [3.63, 3.8) is 0 Å². The third kappa shape index (κ3) is 5.72. The number of aryl methyl sites for hydroxylation is 1. The summed E-state index contributed by atoms with van der Waals surface area (Å²) in [5.74, 6) is 0.256. The molecule has 36 heavy (non-hydrogen) atoms. The van der Waals surface area contributed by atoms with E-state index in [1.807, 2.05) is 23.1 Å². The molecule has 2 aliphatic rings. The summed E-state index contributed by atoms with van der Waals surface area (Å²) in [6, 6.07) is 18.6. The van der Waals surface area contributed by atoms with Gasteiger partial charge in [-0.15, -0.1) is 0 Å². The standard InChI is InChI=1S/C29H29F3N2O2/c30-23-10-4-20(5-11-23)14-15-29(16-17-29)27(35)34(19-24-3-1-2-18-33-24)26(21-6-7-21)22-8-12-25(13-9-22)36-28(31)32/h1-5,8-13,18,21,26,28H,6-7,14-17,19H2/t26-/m0/s1. The summed E-state index contributed by atoms with van der Waals surface area (Å²) in [6.45, 7) is -2.50. The molecule has 7 heteroatoms. The average Bonchev–Trinajstić information content (AvgIpc) is 3.80. The van der Waals surface area contributed by atoms with Crippen LogP contribution in [0.1, 0.15) is 55.0 Å². The molecule has 1 atom stereocenters. The number of alkyl halides is 2. The van der Waals surface area contributed by atoms with Crippen LogP contribution in [-0.4, -0.2) is 22.4 Å². The Labute approximate surface area is 209 Å². The zero-order chi connectivity index (χ0) is 25.1.